The van der Waals surface area contributed by atoms with Crippen LogP contribution in [-0.2, 0) is 7.05 Å². The highest BCUT2D eigenvalue weighted by molar-refractivity contribution is 5.63. The average Bonchev–Trinajstić information content (AvgIpc) is 2.83. The van der Waals surface area contributed by atoms with E-state index in [4.69, 9.17) is 15.6 Å². The minimum Gasteiger partial charge on any atom is -0.492 e. The number of hydrogen-bond acceptors (Lipinski definition) is 4. The van der Waals surface area contributed by atoms with E-state index < -0.39 is 0 Å². The van der Waals surface area contributed by atoms with Crippen molar-refractivity contribution in [3.05, 3.63) is 36.7 Å². The molecule has 0 bridgehead atoms. The van der Waals surface area contributed by atoms with Crippen LogP contribution in [-0.4, -0.2) is 34.1 Å². The van der Waals surface area contributed by atoms with Gasteiger partial charge >= 0.3 is 0 Å². The van der Waals surface area contributed by atoms with Crippen LogP contribution in [0.2, 0.25) is 0 Å². The van der Waals surface area contributed by atoms with Gasteiger partial charge in [0.05, 0.1) is 18.8 Å². The van der Waals surface area contributed by atoms with Crippen molar-refractivity contribution < 1.29 is 9.84 Å². The molecule has 18 heavy (non-hydrogen) atoms. The monoisotopic (exact) mass is 246 g/mol. The molecule has 0 aliphatic carbocycles. The first-order valence-electron chi connectivity index (χ1n) is 5.68. The summed E-state index contributed by atoms with van der Waals surface area (Å²) in [6.45, 7) is 0.187. The Bertz CT molecular complexity index is 510. The quantitative estimate of drug-likeness (QED) is 0.809. The summed E-state index contributed by atoms with van der Waals surface area (Å²) in [5, 5.41) is 12.9. The molecule has 0 aliphatic heterocycles. The highest BCUT2D eigenvalue weighted by Gasteiger charge is 2.04. The van der Waals surface area contributed by atoms with E-state index in [1.165, 1.54) is 0 Å². The molecule has 95 valence electrons. The lowest BCUT2D eigenvalue weighted by Gasteiger charge is -2.11. The van der Waals surface area contributed by atoms with Crippen LogP contribution in [0.25, 0.3) is 11.1 Å². The van der Waals surface area contributed by atoms with E-state index in [1.54, 1.807) is 16.9 Å². The topological polar surface area (TPSA) is 73.3 Å². The first kappa shape index (κ1) is 12.6. The van der Waals surface area contributed by atoms with Gasteiger partial charge in [-0.2, -0.15) is 5.10 Å². The zero-order valence-corrected chi connectivity index (χ0v) is 10.2. The van der Waals surface area contributed by atoms with Crippen LogP contribution in [0.5, 0.6) is 5.75 Å². The van der Waals surface area contributed by atoms with Crippen LogP contribution in [0.1, 0.15) is 0 Å². The second-order valence-electron chi connectivity index (χ2n) is 4.11. The molecule has 2 rings (SSSR count). The molecular weight excluding hydrogens is 230 g/mol. The maximum absolute atomic E-state index is 8.82. The van der Waals surface area contributed by atoms with Gasteiger partial charge < -0.3 is 15.6 Å². The predicted octanol–water partition coefficient (Wildman–Crippen LogP) is 0.586. The number of aliphatic hydroxyl groups excluding tert-OH is 1. The molecule has 5 nitrogen and oxygen atoms in total. The fourth-order valence-electron chi connectivity index (χ4n) is 1.53. The zero-order valence-electron chi connectivity index (χ0n) is 10.2. The van der Waals surface area contributed by atoms with Crippen LogP contribution in [0.4, 0.5) is 0 Å². The second-order valence-corrected chi connectivity index (χ2v) is 4.11. The van der Waals surface area contributed by atoms with Crippen molar-refractivity contribution in [3.63, 3.8) is 0 Å². The lowest BCUT2D eigenvalue weighted by molar-refractivity contribution is 0.206. The summed E-state index contributed by atoms with van der Waals surface area (Å²) in [7, 11) is 1.87. The van der Waals surface area contributed by atoms with Crippen molar-refractivity contribution in [2.24, 2.45) is 12.8 Å². The fraction of sp³-hybridized carbons (Fsp3) is 0.308. The second kappa shape index (κ2) is 5.66. The van der Waals surface area contributed by atoms with Crippen molar-refractivity contribution in [1.29, 1.82) is 0 Å². The first-order valence-corrected chi connectivity index (χ1v) is 5.68. The maximum atomic E-state index is 8.82. The summed E-state index contributed by atoms with van der Waals surface area (Å²) in [5.41, 5.74) is 7.56. The van der Waals surface area contributed by atoms with E-state index in [-0.39, 0.29) is 19.3 Å². The molecule has 0 saturated carbocycles. The number of rotatable bonds is 5. The fourth-order valence-corrected chi connectivity index (χ4v) is 1.53. The Labute approximate surface area is 106 Å². The van der Waals surface area contributed by atoms with Gasteiger partial charge in [0.25, 0.3) is 0 Å². The van der Waals surface area contributed by atoms with E-state index in [2.05, 4.69) is 11.2 Å². The van der Waals surface area contributed by atoms with Gasteiger partial charge in [-0.05, 0) is 29.8 Å². The van der Waals surface area contributed by atoms with Crippen LogP contribution in [0.3, 0.4) is 0 Å². The smallest absolute Gasteiger partial charge is 0.120 e. The highest BCUT2D eigenvalue weighted by Crippen LogP contribution is 2.22. The Hall–Kier alpha value is -1.85. The first-order chi connectivity index (χ1) is 8.69. The Morgan fingerprint density at radius 2 is 2.33 bits per heavy atom. The van der Waals surface area contributed by atoms with Crippen molar-refractivity contribution in [2.75, 3.05) is 13.2 Å². The minimum atomic E-state index is -0.368. The molecule has 3 N–H and O–H groups in total. The number of aliphatic hydroxyl groups is 1. The zero-order chi connectivity index (χ0) is 13.0. The molecule has 0 fully saturated rings. The molecule has 1 aromatic heterocycles. The SMILES string of the molecule is Cn1cc(-c2c[c]cc(OCC(N)CO)c2)cn1. The van der Waals surface area contributed by atoms with Crippen LogP contribution in [0.15, 0.2) is 30.6 Å². The molecule has 2 aromatic rings. The molecule has 5 heteroatoms. The van der Waals surface area contributed by atoms with Gasteiger partial charge in [0, 0.05) is 18.8 Å². The van der Waals surface area contributed by atoms with Crippen LogP contribution >= 0.6 is 0 Å². The number of aryl methyl sites for hydroxylation is 1. The molecule has 1 heterocycles. The predicted molar refractivity (Wildman–Crippen MR) is 68.0 cm³/mol. The van der Waals surface area contributed by atoms with Gasteiger partial charge in [0.1, 0.15) is 12.4 Å². The Morgan fingerprint density at radius 3 is 3.00 bits per heavy atom. The highest BCUT2D eigenvalue weighted by atomic mass is 16.5. The molecule has 1 aromatic carbocycles. The largest absolute Gasteiger partial charge is 0.492 e. The Kier molecular flexibility index (Phi) is 3.96. The Morgan fingerprint density at radius 1 is 1.50 bits per heavy atom. The van der Waals surface area contributed by atoms with E-state index in [1.807, 2.05) is 25.4 Å². The summed E-state index contributed by atoms with van der Waals surface area (Å²) in [4.78, 5) is 0. The van der Waals surface area contributed by atoms with E-state index in [9.17, 15) is 0 Å². The Balaban J connectivity index is 2.10. The average molecular weight is 246 g/mol. The summed E-state index contributed by atoms with van der Waals surface area (Å²) < 4.78 is 7.22. The molecule has 0 amide bonds. The van der Waals surface area contributed by atoms with Gasteiger partial charge in [0.15, 0.2) is 0 Å². The van der Waals surface area contributed by atoms with Crippen LogP contribution < -0.4 is 10.5 Å². The van der Waals surface area contributed by atoms with Gasteiger partial charge in [-0.15, -0.1) is 0 Å². The summed E-state index contributed by atoms with van der Waals surface area (Å²) in [5.74, 6) is 0.681. The summed E-state index contributed by atoms with van der Waals surface area (Å²) in [6.07, 6.45) is 3.71. The maximum Gasteiger partial charge on any atom is 0.120 e. The molecule has 0 saturated heterocycles. The van der Waals surface area contributed by atoms with Crippen molar-refractivity contribution >= 4 is 0 Å². The van der Waals surface area contributed by atoms with Gasteiger partial charge in [-0.25, -0.2) is 0 Å². The molecular formula is C13H16N3O2. The van der Waals surface area contributed by atoms with E-state index in [0.717, 1.165) is 11.1 Å². The number of nitrogens with zero attached hydrogens (tertiary/aromatic N) is 2. The number of benzene rings is 1. The van der Waals surface area contributed by atoms with Crippen molar-refractivity contribution in [2.45, 2.75) is 6.04 Å². The van der Waals surface area contributed by atoms with Crippen molar-refractivity contribution in [3.8, 4) is 16.9 Å². The van der Waals surface area contributed by atoms with Gasteiger partial charge in [0.2, 0.25) is 0 Å². The molecule has 1 atom stereocenters. The summed E-state index contributed by atoms with van der Waals surface area (Å²) >= 11 is 0. The molecule has 1 unspecified atom stereocenters. The van der Waals surface area contributed by atoms with Gasteiger partial charge in [-0.3, -0.25) is 4.68 Å². The third-order valence-corrected chi connectivity index (χ3v) is 2.50. The van der Waals surface area contributed by atoms with Gasteiger partial charge in [-0.1, -0.05) is 0 Å². The number of nitrogens with two attached hydrogens (primary N) is 1. The van der Waals surface area contributed by atoms with E-state index >= 15 is 0 Å². The lowest BCUT2D eigenvalue weighted by atomic mass is 10.1. The molecule has 0 aliphatic rings. The molecule has 0 spiro atoms. The molecule has 1 radical (unpaired) electrons. The van der Waals surface area contributed by atoms with Crippen LogP contribution in [0, 0.1) is 6.07 Å². The lowest BCUT2D eigenvalue weighted by Crippen LogP contribution is -2.31. The number of ether oxygens (including phenoxy) is 1. The number of aromatic nitrogens is 2. The third kappa shape index (κ3) is 3.09. The third-order valence-electron chi connectivity index (χ3n) is 2.50. The normalized spacial score (nSPS) is 12.4. The van der Waals surface area contributed by atoms with Crippen molar-refractivity contribution in [1.82, 2.24) is 9.78 Å². The standard InChI is InChI=1S/C13H16N3O2/c1-16-7-11(6-15-16)10-3-2-4-13(5-10)18-9-12(14)8-17/h3-7,12,17H,8-9,14H2,1H3. The minimum absolute atomic E-state index is 0.0913. The summed E-state index contributed by atoms with van der Waals surface area (Å²) in [6, 6.07) is 8.16. The van der Waals surface area contributed by atoms with E-state index in [0.29, 0.717) is 5.75 Å². The number of hydrogen-bond donors (Lipinski definition) is 2.